The summed E-state index contributed by atoms with van der Waals surface area (Å²) in [7, 11) is -3.66. The molecule has 158 valence electrons. The summed E-state index contributed by atoms with van der Waals surface area (Å²) < 4.78 is 34.2. The first-order valence-electron chi connectivity index (χ1n) is 9.62. The van der Waals surface area contributed by atoms with E-state index in [1.54, 1.807) is 18.2 Å². The Labute approximate surface area is 180 Å². The topological polar surface area (TPSA) is 87.7 Å². The van der Waals surface area contributed by atoms with E-state index < -0.39 is 10.0 Å². The van der Waals surface area contributed by atoms with Gasteiger partial charge in [-0.3, -0.25) is 0 Å². The SMILES string of the molecule is CCNc1nc(C)cc(N2CCN(S(=O)(=O)c3cc(Br)ccc3OCC)CC2)n1. The number of benzene rings is 1. The van der Waals surface area contributed by atoms with Gasteiger partial charge >= 0.3 is 0 Å². The van der Waals surface area contributed by atoms with Crippen LogP contribution in [0.2, 0.25) is 0 Å². The van der Waals surface area contributed by atoms with Crippen molar-refractivity contribution in [3.63, 3.8) is 0 Å². The molecule has 0 unspecified atom stereocenters. The molecule has 1 aliphatic rings. The van der Waals surface area contributed by atoms with Crippen LogP contribution in [0.4, 0.5) is 11.8 Å². The van der Waals surface area contributed by atoms with Crippen molar-refractivity contribution in [3.8, 4) is 5.75 Å². The first-order chi connectivity index (χ1) is 13.8. The maximum atomic E-state index is 13.2. The summed E-state index contributed by atoms with van der Waals surface area (Å²) in [5, 5.41) is 3.13. The minimum Gasteiger partial charge on any atom is -0.492 e. The van der Waals surface area contributed by atoms with Crippen molar-refractivity contribution in [2.45, 2.75) is 25.7 Å². The molecule has 2 heterocycles. The minimum absolute atomic E-state index is 0.189. The highest BCUT2D eigenvalue weighted by Crippen LogP contribution is 2.31. The summed E-state index contributed by atoms with van der Waals surface area (Å²) in [6.45, 7) is 8.76. The van der Waals surface area contributed by atoms with Gasteiger partial charge in [-0.15, -0.1) is 0 Å². The van der Waals surface area contributed by atoms with Gasteiger partial charge in [-0.25, -0.2) is 13.4 Å². The molecule has 0 atom stereocenters. The van der Waals surface area contributed by atoms with E-state index in [0.717, 1.165) is 18.1 Å². The van der Waals surface area contributed by atoms with Gasteiger partial charge in [-0.2, -0.15) is 9.29 Å². The summed E-state index contributed by atoms with van der Waals surface area (Å²) in [5.74, 6) is 1.77. The van der Waals surface area contributed by atoms with Crippen LogP contribution in [0.3, 0.4) is 0 Å². The second kappa shape index (κ2) is 9.27. The molecule has 1 fully saturated rings. The van der Waals surface area contributed by atoms with Crippen LogP contribution in [0.5, 0.6) is 5.75 Å². The predicted octanol–water partition coefficient (Wildman–Crippen LogP) is 2.89. The third kappa shape index (κ3) is 4.99. The molecule has 1 N–H and O–H groups in total. The smallest absolute Gasteiger partial charge is 0.246 e. The average Bonchev–Trinajstić information content (AvgIpc) is 2.69. The zero-order valence-electron chi connectivity index (χ0n) is 16.9. The molecule has 1 saturated heterocycles. The molecular weight excluding hydrogens is 458 g/mol. The average molecular weight is 484 g/mol. The maximum Gasteiger partial charge on any atom is 0.246 e. The molecule has 1 aromatic heterocycles. The summed E-state index contributed by atoms with van der Waals surface area (Å²) in [5.41, 5.74) is 0.872. The van der Waals surface area contributed by atoms with Crippen molar-refractivity contribution < 1.29 is 13.2 Å². The lowest BCUT2D eigenvalue weighted by molar-refractivity contribution is 0.327. The van der Waals surface area contributed by atoms with E-state index in [9.17, 15) is 8.42 Å². The van der Waals surface area contributed by atoms with Gasteiger partial charge in [0.2, 0.25) is 16.0 Å². The summed E-state index contributed by atoms with van der Waals surface area (Å²) in [4.78, 5) is 11.2. The van der Waals surface area contributed by atoms with Crippen molar-refractivity contribution >= 4 is 37.7 Å². The van der Waals surface area contributed by atoms with Crippen LogP contribution in [0.25, 0.3) is 0 Å². The van der Waals surface area contributed by atoms with Gasteiger partial charge in [0.05, 0.1) is 6.61 Å². The Morgan fingerprint density at radius 3 is 2.52 bits per heavy atom. The summed E-state index contributed by atoms with van der Waals surface area (Å²) in [6.07, 6.45) is 0. The monoisotopic (exact) mass is 483 g/mol. The van der Waals surface area contributed by atoms with Crippen molar-refractivity contribution in [1.82, 2.24) is 14.3 Å². The number of piperazine rings is 1. The Bertz CT molecular complexity index is 962. The number of hydrogen-bond donors (Lipinski definition) is 1. The number of aryl methyl sites for hydroxylation is 1. The fourth-order valence-corrected chi connectivity index (χ4v) is 5.30. The second-order valence-corrected chi connectivity index (χ2v) is 9.46. The van der Waals surface area contributed by atoms with Gasteiger partial charge in [0.25, 0.3) is 0 Å². The van der Waals surface area contributed by atoms with E-state index in [1.807, 2.05) is 26.8 Å². The van der Waals surface area contributed by atoms with E-state index in [0.29, 0.717) is 49.0 Å². The molecule has 0 saturated carbocycles. The molecule has 0 radical (unpaired) electrons. The normalized spacial score (nSPS) is 15.4. The lowest BCUT2D eigenvalue weighted by atomic mass is 10.3. The van der Waals surface area contributed by atoms with Gasteiger partial charge in [0.1, 0.15) is 16.5 Å². The van der Waals surface area contributed by atoms with Crippen LogP contribution < -0.4 is 15.0 Å². The third-order valence-electron chi connectivity index (χ3n) is 4.56. The van der Waals surface area contributed by atoms with Crippen molar-refractivity contribution in [2.24, 2.45) is 0 Å². The minimum atomic E-state index is -3.66. The number of aromatic nitrogens is 2. The van der Waals surface area contributed by atoms with Gasteiger partial charge in [-0.1, -0.05) is 15.9 Å². The molecule has 10 heteroatoms. The van der Waals surface area contributed by atoms with E-state index in [2.05, 4.69) is 36.1 Å². The zero-order valence-corrected chi connectivity index (χ0v) is 19.3. The number of ether oxygens (including phenoxy) is 1. The molecule has 3 rings (SSSR count). The quantitative estimate of drug-likeness (QED) is 0.647. The Balaban J connectivity index is 1.78. The molecular formula is C19H26BrN5O3S. The molecule has 8 nitrogen and oxygen atoms in total. The Morgan fingerprint density at radius 1 is 1.14 bits per heavy atom. The number of sulfonamides is 1. The zero-order chi connectivity index (χ0) is 21.0. The summed E-state index contributed by atoms with van der Waals surface area (Å²) >= 11 is 3.36. The molecule has 0 amide bonds. The lowest BCUT2D eigenvalue weighted by Crippen LogP contribution is -2.49. The Kier molecular flexibility index (Phi) is 6.97. The van der Waals surface area contributed by atoms with Crippen LogP contribution in [0.15, 0.2) is 33.6 Å². The summed E-state index contributed by atoms with van der Waals surface area (Å²) in [6, 6.07) is 6.99. The fraction of sp³-hybridized carbons (Fsp3) is 0.474. The highest BCUT2D eigenvalue weighted by Gasteiger charge is 2.31. The number of halogens is 1. The number of nitrogens with zero attached hydrogens (tertiary/aromatic N) is 4. The highest BCUT2D eigenvalue weighted by atomic mass is 79.9. The second-order valence-electron chi connectivity index (χ2n) is 6.64. The Morgan fingerprint density at radius 2 is 1.86 bits per heavy atom. The van der Waals surface area contributed by atoms with E-state index >= 15 is 0 Å². The molecule has 2 aromatic rings. The van der Waals surface area contributed by atoms with Gasteiger partial charge in [0.15, 0.2) is 0 Å². The largest absolute Gasteiger partial charge is 0.492 e. The van der Waals surface area contributed by atoms with Crippen molar-refractivity contribution in [3.05, 3.63) is 34.4 Å². The van der Waals surface area contributed by atoms with Crippen LogP contribution >= 0.6 is 15.9 Å². The van der Waals surface area contributed by atoms with Gasteiger partial charge in [-0.05, 0) is 39.0 Å². The van der Waals surface area contributed by atoms with Crippen LogP contribution in [-0.2, 0) is 10.0 Å². The van der Waals surface area contributed by atoms with Crippen LogP contribution in [0.1, 0.15) is 19.5 Å². The Hall–Kier alpha value is -1.91. The first-order valence-corrected chi connectivity index (χ1v) is 11.9. The fourth-order valence-electron chi connectivity index (χ4n) is 3.21. The maximum absolute atomic E-state index is 13.2. The lowest BCUT2D eigenvalue weighted by Gasteiger charge is -2.35. The van der Waals surface area contributed by atoms with Crippen LogP contribution in [-0.4, -0.2) is 62.0 Å². The molecule has 1 aromatic carbocycles. The number of anilines is 2. The number of nitrogens with one attached hydrogen (secondary N) is 1. The third-order valence-corrected chi connectivity index (χ3v) is 6.97. The molecule has 1 aliphatic heterocycles. The number of hydrogen-bond acceptors (Lipinski definition) is 7. The van der Waals surface area contributed by atoms with Crippen molar-refractivity contribution in [1.29, 1.82) is 0 Å². The van der Waals surface area contributed by atoms with E-state index in [-0.39, 0.29) is 4.90 Å². The van der Waals surface area contributed by atoms with E-state index in [1.165, 1.54) is 4.31 Å². The molecule has 0 aliphatic carbocycles. The van der Waals surface area contributed by atoms with Gasteiger partial charge < -0.3 is 15.0 Å². The van der Waals surface area contributed by atoms with Crippen LogP contribution in [0, 0.1) is 6.92 Å². The molecule has 0 bridgehead atoms. The van der Waals surface area contributed by atoms with E-state index in [4.69, 9.17) is 4.74 Å². The molecule has 0 spiro atoms. The van der Waals surface area contributed by atoms with Crippen molar-refractivity contribution in [2.75, 3.05) is 49.5 Å². The first kappa shape index (κ1) is 21.8. The highest BCUT2D eigenvalue weighted by molar-refractivity contribution is 9.10. The molecule has 29 heavy (non-hydrogen) atoms. The standard InChI is InChI=1S/C19H26BrN5O3S/c1-4-21-19-22-14(3)12-18(23-19)24-8-10-25(11-9-24)29(26,27)17-13-15(20)6-7-16(17)28-5-2/h6-7,12-13H,4-5,8-11H2,1-3H3,(H,21,22,23). The predicted molar refractivity (Wildman–Crippen MR) is 117 cm³/mol. The number of rotatable bonds is 7. The van der Waals surface area contributed by atoms with Gasteiger partial charge in [0, 0.05) is 49.0 Å².